The molecule has 0 spiro atoms. The number of hydrogen-bond donors (Lipinski definition) is 1. The molecule has 1 aromatic rings. The van der Waals surface area contributed by atoms with E-state index in [0.717, 1.165) is 50.2 Å². The number of hydrogen-bond acceptors (Lipinski definition) is 2. The second kappa shape index (κ2) is 9.80. The molecule has 0 aliphatic heterocycles. The Labute approximate surface area is 132 Å². The number of likely N-dealkylation sites (N-methyl/N-ethyl adjacent to an activating group) is 1. The maximum atomic E-state index is 11.3. The number of carbonyl (C=O) groups is 1. The number of rotatable bonds is 10. The van der Waals surface area contributed by atoms with Crippen LogP contribution in [-0.2, 0) is 11.2 Å². The fourth-order valence-electron chi connectivity index (χ4n) is 2.62. The lowest BCUT2D eigenvalue weighted by atomic mass is 10.0. The topological polar surface area (TPSA) is 40.5 Å². The van der Waals surface area contributed by atoms with Crippen LogP contribution >= 0.6 is 11.6 Å². The van der Waals surface area contributed by atoms with Crippen LogP contribution in [0.25, 0.3) is 0 Å². The highest BCUT2D eigenvalue weighted by atomic mass is 35.5. The smallest absolute Gasteiger partial charge is 0.320 e. The quantitative estimate of drug-likeness (QED) is 0.657. The molecule has 0 aliphatic rings. The fourth-order valence-corrected chi connectivity index (χ4v) is 2.75. The summed E-state index contributed by atoms with van der Waals surface area (Å²) in [6, 6.07) is 7.60. The van der Waals surface area contributed by atoms with Crippen molar-refractivity contribution in [1.29, 1.82) is 0 Å². The predicted molar refractivity (Wildman–Crippen MR) is 88.0 cm³/mol. The monoisotopic (exact) mass is 311 g/mol. The van der Waals surface area contributed by atoms with E-state index in [4.69, 9.17) is 11.6 Å². The van der Waals surface area contributed by atoms with Gasteiger partial charge in [-0.3, -0.25) is 9.69 Å². The Bertz CT molecular complexity index is 415. The Balaban J connectivity index is 2.28. The van der Waals surface area contributed by atoms with Crippen molar-refractivity contribution in [2.75, 3.05) is 13.1 Å². The molecule has 0 saturated carbocycles. The van der Waals surface area contributed by atoms with Gasteiger partial charge in [-0.2, -0.15) is 0 Å². The average Bonchev–Trinajstić information content (AvgIpc) is 2.47. The first-order valence-corrected chi connectivity index (χ1v) is 8.17. The number of nitrogens with zero attached hydrogens (tertiary/aromatic N) is 1. The fraction of sp³-hybridized carbons (Fsp3) is 0.588. The SMILES string of the molecule is CCN(CC)C(CCCCCc1ccc(Cl)cc1)C(=O)O. The first kappa shape index (κ1) is 18.0. The Morgan fingerprint density at radius 3 is 2.29 bits per heavy atom. The Kier molecular flexibility index (Phi) is 8.40. The van der Waals surface area contributed by atoms with E-state index in [9.17, 15) is 9.90 Å². The van der Waals surface area contributed by atoms with E-state index < -0.39 is 5.97 Å². The molecule has 1 rings (SSSR count). The first-order chi connectivity index (χ1) is 10.1. The van der Waals surface area contributed by atoms with Crippen LogP contribution in [0.3, 0.4) is 0 Å². The van der Waals surface area contributed by atoms with Gasteiger partial charge in [-0.1, -0.05) is 50.4 Å². The highest BCUT2D eigenvalue weighted by Gasteiger charge is 2.22. The van der Waals surface area contributed by atoms with Crippen molar-refractivity contribution in [1.82, 2.24) is 4.90 Å². The zero-order valence-electron chi connectivity index (χ0n) is 13.0. The van der Waals surface area contributed by atoms with Gasteiger partial charge in [0, 0.05) is 5.02 Å². The van der Waals surface area contributed by atoms with Crippen LogP contribution in [0.2, 0.25) is 5.02 Å². The lowest BCUT2D eigenvalue weighted by Crippen LogP contribution is -2.40. The minimum Gasteiger partial charge on any atom is -0.480 e. The van der Waals surface area contributed by atoms with Crippen molar-refractivity contribution in [2.24, 2.45) is 0 Å². The second-order valence-electron chi connectivity index (χ2n) is 5.30. The minimum absolute atomic E-state index is 0.337. The molecule has 1 N–H and O–H groups in total. The molecule has 118 valence electrons. The van der Waals surface area contributed by atoms with Crippen molar-refractivity contribution in [2.45, 2.75) is 52.0 Å². The summed E-state index contributed by atoms with van der Waals surface area (Å²) >= 11 is 5.86. The molecule has 0 heterocycles. The maximum Gasteiger partial charge on any atom is 0.320 e. The summed E-state index contributed by atoms with van der Waals surface area (Å²) in [4.78, 5) is 13.3. The van der Waals surface area contributed by atoms with Crippen LogP contribution in [0, 0.1) is 0 Å². The number of carboxylic acid groups (broad SMARTS) is 1. The van der Waals surface area contributed by atoms with E-state index in [1.54, 1.807) is 0 Å². The van der Waals surface area contributed by atoms with Crippen LogP contribution in [0.4, 0.5) is 0 Å². The van der Waals surface area contributed by atoms with Gasteiger partial charge in [0.15, 0.2) is 0 Å². The minimum atomic E-state index is -0.698. The van der Waals surface area contributed by atoms with Crippen LogP contribution in [0.15, 0.2) is 24.3 Å². The molecule has 0 aliphatic carbocycles. The van der Waals surface area contributed by atoms with E-state index in [1.165, 1.54) is 5.56 Å². The van der Waals surface area contributed by atoms with Gasteiger partial charge in [-0.05, 0) is 50.0 Å². The van der Waals surface area contributed by atoms with E-state index in [-0.39, 0.29) is 6.04 Å². The molecule has 0 fully saturated rings. The van der Waals surface area contributed by atoms with Crippen molar-refractivity contribution < 1.29 is 9.90 Å². The zero-order chi connectivity index (χ0) is 15.7. The number of benzene rings is 1. The van der Waals surface area contributed by atoms with Gasteiger partial charge in [0.2, 0.25) is 0 Å². The summed E-state index contributed by atoms with van der Waals surface area (Å²) in [5.41, 5.74) is 1.29. The van der Waals surface area contributed by atoms with Crippen LogP contribution < -0.4 is 0 Å². The summed E-state index contributed by atoms with van der Waals surface area (Å²) in [5, 5.41) is 10.1. The molecule has 0 radical (unpaired) electrons. The van der Waals surface area contributed by atoms with Crippen LogP contribution in [0.1, 0.15) is 45.1 Å². The Morgan fingerprint density at radius 1 is 1.14 bits per heavy atom. The normalized spacial score (nSPS) is 12.6. The van der Waals surface area contributed by atoms with E-state index in [2.05, 4.69) is 12.1 Å². The summed E-state index contributed by atoms with van der Waals surface area (Å²) in [6.45, 7) is 5.61. The molecule has 1 unspecified atom stereocenters. The largest absolute Gasteiger partial charge is 0.480 e. The summed E-state index contributed by atoms with van der Waals surface area (Å²) in [7, 11) is 0. The van der Waals surface area contributed by atoms with Gasteiger partial charge in [-0.25, -0.2) is 0 Å². The molecule has 0 saturated heterocycles. The highest BCUT2D eigenvalue weighted by molar-refractivity contribution is 6.30. The molecule has 3 nitrogen and oxygen atoms in total. The van der Waals surface area contributed by atoms with Gasteiger partial charge in [-0.15, -0.1) is 0 Å². The third-order valence-corrected chi connectivity index (χ3v) is 4.15. The number of aliphatic carboxylic acids is 1. The lowest BCUT2D eigenvalue weighted by molar-refractivity contribution is -0.143. The molecule has 0 aromatic heterocycles. The Hall–Kier alpha value is -1.06. The highest BCUT2D eigenvalue weighted by Crippen LogP contribution is 2.14. The first-order valence-electron chi connectivity index (χ1n) is 7.79. The third-order valence-electron chi connectivity index (χ3n) is 3.89. The van der Waals surface area contributed by atoms with Crippen molar-refractivity contribution in [3.63, 3.8) is 0 Å². The van der Waals surface area contributed by atoms with Gasteiger partial charge in [0.25, 0.3) is 0 Å². The lowest BCUT2D eigenvalue weighted by Gasteiger charge is -2.26. The average molecular weight is 312 g/mol. The van der Waals surface area contributed by atoms with E-state index >= 15 is 0 Å². The molecule has 0 amide bonds. The number of unbranched alkanes of at least 4 members (excludes halogenated alkanes) is 2. The van der Waals surface area contributed by atoms with Gasteiger partial charge >= 0.3 is 5.97 Å². The Morgan fingerprint density at radius 2 is 1.76 bits per heavy atom. The van der Waals surface area contributed by atoms with Gasteiger partial charge < -0.3 is 5.11 Å². The third kappa shape index (κ3) is 6.49. The van der Waals surface area contributed by atoms with Gasteiger partial charge in [0.1, 0.15) is 6.04 Å². The molecular weight excluding hydrogens is 286 g/mol. The maximum absolute atomic E-state index is 11.3. The molecular formula is C17H26ClNO2. The summed E-state index contributed by atoms with van der Waals surface area (Å²) in [6.07, 6.45) is 4.87. The molecule has 0 bridgehead atoms. The van der Waals surface area contributed by atoms with Crippen molar-refractivity contribution in [3.8, 4) is 0 Å². The summed E-state index contributed by atoms with van der Waals surface area (Å²) in [5.74, 6) is -0.698. The zero-order valence-corrected chi connectivity index (χ0v) is 13.8. The van der Waals surface area contributed by atoms with Gasteiger partial charge in [0.05, 0.1) is 0 Å². The van der Waals surface area contributed by atoms with E-state index in [0.29, 0.717) is 0 Å². The number of halogens is 1. The summed E-state index contributed by atoms with van der Waals surface area (Å²) < 4.78 is 0. The molecule has 1 aromatic carbocycles. The van der Waals surface area contributed by atoms with E-state index in [1.807, 2.05) is 30.9 Å². The van der Waals surface area contributed by atoms with Crippen LogP contribution in [0.5, 0.6) is 0 Å². The van der Waals surface area contributed by atoms with Crippen LogP contribution in [-0.4, -0.2) is 35.1 Å². The van der Waals surface area contributed by atoms with Crippen molar-refractivity contribution in [3.05, 3.63) is 34.9 Å². The number of aryl methyl sites for hydroxylation is 1. The van der Waals surface area contributed by atoms with Crippen molar-refractivity contribution >= 4 is 17.6 Å². The second-order valence-corrected chi connectivity index (χ2v) is 5.74. The molecule has 21 heavy (non-hydrogen) atoms. The standard InChI is InChI=1S/C17H26ClNO2/c1-3-19(4-2)16(17(20)21)9-7-5-6-8-14-10-12-15(18)13-11-14/h10-13,16H,3-9H2,1-2H3,(H,20,21). The molecule has 1 atom stereocenters. The predicted octanol–water partition coefficient (Wildman–Crippen LogP) is 4.24. The number of carboxylic acids is 1. The molecule has 4 heteroatoms.